The molecule has 1 aromatic carbocycles. The van der Waals surface area contributed by atoms with Crippen molar-refractivity contribution in [3.05, 3.63) is 52.4 Å². The average Bonchev–Trinajstić information content (AvgIpc) is 3.11. The van der Waals surface area contributed by atoms with Gasteiger partial charge in [0, 0.05) is 11.8 Å². The molecule has 8 heteroatoms. The summed E-state index contributed by atoms with van der Waals surface area (Å²) >= 11 is 0. The van der Waals surface area contributed by atoms with Crippen molar-refractivity contribution >= 4 is 23.8 Å². The topological polar surface area (TPSA) is 104 Å². The lowest BCUT2D eigenvalue weighted by molar-refractivity contribution is -0.136. The first-order valence-electron chi connectivity index (χ1n) is 11.5. The number of rotatable bonds is 13. The number of ether oxygens (including phenoxy) is 4. The molecular weight excluding hydrogens is 438 g/mol. The van der Waals surface area contributed by atoms with E-state index in [1.807, 2.05) is 6.92 Å². The van der Waals surface area contributed by atoms with Crippen molar-refractivity contribution in [1.29, 1.82) is 0 Å². The Balaban J connectivity index is 2.00. The number of Topliss-reactive ketones (excluding diaryl/α,β-unsaturated/α-hetero) is 1. The molecule has 0 radical (unpaired) electrons. The lowest BCUT2D eigenvalue weighted by Crippen LogP contribution is -2.14. The van der Waals surface area contributed by atoms with E-state index < -0.39 is 24.3 Å². The first-order valence-corrected chi connectivity index (χ1v) is 11.5. The van der Waals surface area contributed by atoms with E-state index in [9.17, 15) is 14.4 Å². The van der Waals surface area contributed by atoms with Gasteiger partial charge in [0.2, 0.25) is 5.78 Å². The second kappa shape index (κ2) is 13.2. The second-order valence-corrected chi connectivity index (χ2v) is 7.55. The molecule has 184 valence electrons. The smallest absolute Gasteiger partial charge is 0.340 e. The van der Waals surface area contributed by atoms with Gasteiger partial charge in [-0.3, -0.25) is 4.79 Å². The van der Waals surface area contributed by atoms with Gasteiger partial charge in [-0.2, -0.15) is 0 Å². The third kappa shape index (κ3) is 7.23. The molecule has 34 heavy (non-hydrogen) atoms. The summed E-state index contributed by atoms with van der Waals surface area (Å²) in [5.41, 5.74) is 2.26. The number of esters is 2. The van der Waals surface area contributed by atoms with E-state index in [4.69, 9.17) is 18.9 Å². The van der Waals surface area contributed by atoms with Crippen LogP contribution in [-0.4, -0.2) is 49.1 Å². The Bertz CT molecular complexity index is 1040. The van der Waals surface area contributed by atoms with Gasteiger partial charge >= 0.3 is 11.9 Å². The van der Waals surface area contributed by atoms with Crippen molar-refractivity contribution in [3.63, 3.8) is 0 Å². The van der Waals surface area contributed by atoms with Gasteiger partial charge in [-0.15, -0.1) is 0 Å². The molecular formula is C26H33NO7. The van der Waals surface area contributed by atoms with Crippen molar-refractivity contribution in [3.8, 4) is 11.5 Å². The Kier molecular flexibility index (Phi) is 10.4. The number of benzene rings is 1. The van der Waals surface area contributed by atoms with Crippen LogP contribution < -0.4 is 9.47 Å². The van der Waals surface area contributed by atoms with E-state index in [2.05, 4.69) is 11.9 Å². The molecule has 0 aliphatic heterocycles. The van der Waals surface area contributed by atoms with Crippen LogP contribution in [-0.2, 0) is 14.3 Å². The summed E-state index contributed by atoms with van der Waals surface area (Å²) < 4.78 is 21.5. The Morgan fingerprint density at radius 1 is 0.971 bits per heavy atom. The third-order valence-corrected chi connectivity index (χ3v) is 4.98. The highest BCUT2D eigenvalue weighted by Crippen LogP contribution is 2.29. The Morgan fingerprint density at radius 3 is 2.41 bits per heavy atom. The number of hydrogen-bond acceptors (Lipinski definition) is 7. The fourth-order valence-corrected chi connectivity index (χ4v) is 3.30. The second-order valence-electron chi connectivity index (χ2n) is 7.55. The maximum atomic E-state index is 12.5. The maximum Gasteiger partial charge on any atom is 0.340 e. The van der Waals surface area contributed by atoms with Gasteiger partial charge in [0.25, 0.3) is 0 Å². The van der Waals surface area contributed by atoms with Gasteiger partial charge in [0.05, 0.1) is 31.1 Å². The minimum atomic E-state index is -0.666. The van der Waals surface area contributed by atoms with Crippen molar-refractivity contribution in [1.82, 2.24) is 4.98 Å². The molecule has 1 aromatic heterocycles. The molecule has 0 bridgehead atoms. The van der Waals surface area contributed by atoms with Crippen molar-refractivity contribution in [2.24, 2.45) is 0 Å². The number of aryl methyl sites for hydroxylation is 1. The zero-order valence-corrected chi connectivity index (χ0v) is 20.5. The number of H-pyrrole nitrogens is 1. The average molecular weight is 472 g/mol. The van der Waals surface area contributed by atoms with Crippen LogP contribution in [0.4, 0.5) is 0 Å². The zero-order valence-electron chi connectivity index (χ0n) is 20.5. The first-order chi connectivity index (χ1) is 16.3. The maximum absolute atomic E-state index is 12.5. The van der Waals surface area contributed by atoms with Crippen LogP contribution >= 0.6 is 0 Å². The highest BCUT2D eigenvalue weighted by molar-refractivity contribution is 6.03. The van der Waals surface area contributed by atoms with Crippen LogP contribution in [0.2, 0.25) is 0 Å². The summed E-state index contributed by atoms with van der Waals surface area (Å²) in [5.74, 6) is -0.356. The SMILES string of the molecule is CCCCOc1ccc(C=CC(=O)OCC(=O)c2[nH]c(C)c(C(=O)OCC)c2C)cc1OCC. The van der Waals surface area contributed by atoms with Crippen LogP contribution in [0.15, 0.2) is 24.3 Å². The van der Waals surface area contributed by atoms with Crippen molar-refractivity contribution < 1.29 is 33.3 Å². The van der Waals surface area contributed by atoms with Crippen LogP contribution in [0.1, 0.15) is 71.3 Å². The predicted octanol–water partition coefficient (Wildman–Crippen LogP) is 4.83. The lowest BCUT2D eigenvalue weighted by atomic mass is 10.1. The largest absolute Gasteiger partial charge is 0.490 e. The van der Waals surface area contributed by atoms with Crippen LogP contribution in [0, 0.1) is 13.8 Å². The van der Waals surface area contributed by atoms with Gasteiger partial charge in [0.1, 0.15) is 0 Å². The fraction of sp³-hybridized carbons (Fsp3) is 0.423. The zero-order chi connectivity index (χ0) is 25.1. The van der Waals surface area contributed by atoms with E-state index in [0.29, 0.717) is 41.5 Å². The number of aromatic amines is 1. The third-order valence-electron chi connectivity index (χ3n) is 4.98. The summed E-state index contributed by atoms with van der Waals surface area (Å²) in [6, 6.07) is 5.38. The molecule has 0 amide bonds. The number of carbonyl (C=O) groups is 3. The molecule has 0 fully saturated rings. The Hall–Kier alpha value is -3.55. The fourth-order valence-electron chi connectivity index (χ4n) is 3.30. The van der Waals surface area contributed by atoms with Gasteiger partial charge in [-0.25, -0.2) is 9.59 Å². The van der Waals surface area contributed by atoms with Crippen LogP contribution in [0.3, 0.4) is 0 Å². The molecule has 1 heterocycles. The van der Waals surface area contributed by atoms with Gasteiger partial charge in [-0.1, -0.05) is 19.4 Å². The molecule has 0 aliphatic rings. The van der Waals surface area contributed by atoms with E-state index in [-0.39, 0.29) is 12.3 Å². The monoisotopic (exact) mass is 471 g/mol. The van der Waals surface area contributed by atoms with Gasteiger partial charge in [-0.05, 0) is 63.5 Å². The van der Waals surface area contributed by atoms with Crippen LogP contribution in [0.25, 0.3) is 6.08 Å². The summed E-state index contributed by atoms with van der Waals surface area (Å²) in [6.45, 7) is 9.88. The minimum Gasteiger partial charge on any atom is -0.490 e. The van der Waals surface area contributed by atoms with E-state index in [0.717, 1.165) is 18.4 Å². The molecule has 0 unspecified atom stereocenters. The van der Waals surface area contributed by atoms with Crippen molar-refractivity contribution in [2.75, 3.05) is 26.4 Å². The summed E-state index contributed by atoms with van der Waals surface area (Å²) in [4.78, 5) is 39.7. The number of hydrogen-bond donors (Lipinski definition) is 1. The van der Waals surface area contributed by atoms with E-state index >= 15 is 0 Å². The Labute approximate surface area is 200 Å². The highest BCUT2D eigenvalue weighted by atomic mass is 16.5. The van der Waals surface area contributed by atoms with Gasteiger partial charge < -0.3 is 23.9 Å². The molecule has 0 atom stereocenters. The molecule has 2 rings (SSSR count). The van der Waals surface area contributed by atoms with E-state index in [1.165, 1.54) is 6.08 Å². The summed E-state index contributed by atoms with van der Waals surface area (Å²) in [5, 5.41) is 0. The molecule has 0 saturated carbocycles. The number of unbranched alkanes of at least 4 members (excludes halogenated alkanes) is 1. The standard InChI is InChI=1S/C26H33NO7/c1-6-9-14-33-21-12-10-19(15-22(21)31-7-2)11-13-23(29)34-16-20(28)25-17(4)24(18(5)27-25)26(30)32-8-3/h10-13,15,27H,6-9,14,16H2,1-5H3. The molecule has 8 nitrogen and oxygen atoms in total. The normalized spacial score (nSPS) is 10.9. The quantitative estimate of drug-likeness (QED) is 0.193. The first kappa shape index (κ1) is 26.7. The number of nitrogens with one attached hydrogen (secondary N) is 1. The molecule has 0 spiro atoms. The van der Waals surface area contributed by atoms with Crippen molar-refractivity contribution in [2.45, 2.75) is 47.5 Å². The van der Waals surface area contributed by atoms with Crippen LogP contribution in [0.5, 0.6) is 11.5 Å². The van der Waals surface area contributed by atoms with E-state index in [1.54, 1.807) is 45.0 Å². The van der Waals surface area contributed by atoms with Gasteiger partial charge in [0.15, 0.2) is 18.1 Å². The summed E-state index contributed by atoms with van der Waals surface area (Å²) in [6.07, 6.45) is 4.80. The predicted molar refractivity (Wildman–Crippen MR) is 129 cm³/mol. The minimum absolute atomic E-state index is 0.220. The number of aromatic nitrogens is 1. The number of carbonyl (C=O) groups excluding carboxylic acids is 3. The molecule has 0 saturated heterocycles. The Morgan fingerprint density at radius 2 is 1.74 bits per heavy atom. The lowest BCUT2D eigenvalue weighted by Gasteiger charge is -2.12. The number of ketones is 1. The molecule has 2 aromatic rings. The summed E-state index contributed by atoms with van der Waals surface area (Å²) in [7, 11) is 0. The molecule has 1 N–H and O–H groups in total. The highest BCUT2D eigenvalue weighted by Gasteiger charge is 2.23. The molecule has 0 aliphatic carbocycles.